The number of rotatable bonds is 8. The highest BCUT2D eigenvalue weighted by molar-refractivity contribution is 7.11. The highest BCUT2D eigenvalue weighted by Gasteiger charge is 2.20. The smallest absolute Gasteiger partial charge is 0.221 e. The number of aryl methyl sites for hydroxylation is 3. The number of nitrogens with one attached hydrogen (secondary N) is 1. The van der Waals surface area contributed by atoms with E-state index in [0.717, 1.165) is 61.3 Å². The minimum absolute atomic E-state index is 0.132. The van der Waals surface area contributed by atoms with Crippen LogP contribution in [0.4, 0.5) is 0 Å². The Hall–Kier alpha value is -1.80. The van der Waals surface area contributed by atoms with E-state index in [1.807, 2.05) is 13.1 Å². The average Bonchev–Trinajstić information content (AvgIpc) is 3.27. The number of piperidine rings is 1. The van der Waals surface area contributed by atoms with E-state index in [9.17, 15) is 4.79 Å². The van der Waals surface area contributed by atoms with Gasteiger partial charge < -0.3 is 9.88 Å². The van der Waals surface area contributed by atoms with E-state index in [1.165, 1.54) is 0 Å². The fraction of sp³-hybridized carbons (Fsp3) is 0.667. The SMILES string of the molecule is CCc1nccn1CCC(=O)NCC1CCN(Cc2nnc(C)s2)CC1. The lowest BCUT2D eigenvalue weighted by molar-refractivity contribution is -0.121. The van der Waals surface area contributed by atoms with Gasteiger partial charge in [-0.3, -0.25) is 9.69 Å². The minimum atomic E-state index is 0.132. The molecule has 1 amide bonds. The summed E-state index contributed by atoms with van der Waals surface area (Å²) in [6.07, 6.45) is 7.40. The quantitative estimate of drug-likeness (QED) is 0.763. The molecule has 3 heterocycles. The van der Waals surface area contributed by atoms with Crippen LogP contribution in [0.1, 0.15) is 42.0 Å². The summed E-state index contributed by atoms with van der Waals surface area (Å²) in [6.45, 7) is 8.59. The molecule has 0 spiro atoms. The van der Waals surface area contributed by atoms with E-state index < -0.39 is 0 Å². The van der Waals surface area contributed by atoms with Gasteiger partial charge in [0.05, 0.1) is 6.54 Å². The Bertz CT molecular complexity index is 704. The molecule has 0 radical (unpaired) electrons. The Morgan fingerprint density at radius 2 is 2.15 bits per heavy atom. The third-order valence-electron chi connectivity index (χ3n) is 4.92. The molecule has 0 bridgehead atoms. The van der Waals surface area contributed by atoms with Gasteiger partial charge in [-0.25, -0.2) is 4.98 Å². The first-order chi connectivity index (χ1) is 12.6. The van der Waals surface area contributed by atoms with E-state index in [1.54, 1.807) is 17.5 Å². The second-order valence-corrected chi connectivity index (χ2v) is 8.15. The third kappa shape index (κ3) is 5.35. The number of hydrogen-bond donors (Lipinski definition) is 1. The Morgan fingerprint density at radius 1 is 1.35 bits per heavy atom. The van der Waals surface area contributed by atoms with Crippen molar-refractivity contribution in [1.29, 1.82) is 0 Å². The molecule has 8 heteroatoms. The van der Waals surface area contributed by atoms with Crippen molar-refractivity contribution in [1.82, 2.24) is 30.0 Å². The standard InChI is InChI=1S/C18H28N6OS/c1-3-16-19-7-11-24(16)10-6-17(25)20-12-15-4-8-23(9-5-15)13-18-22-21-14(2)26-18/h7,11,15H,3-6,8-10,12-13H2,1-2H3,(H,20,25). The van der Waals surface area contributed by atoms with Crippen molar-refractivity contribution in [2.24, 2.45) is 5.92 Å². The van der Waals surface area contributed by atoms with Crippen LogP contribution in [-0.4, -0.2) is 50.2 Å². The van der Waals surface area contributed by atoms with Crippen LogP contribution >= 0.6 is 11.3 Å². The first-order valence-corrected chi connectivity index (χ1v) is 10.2. The number of imidazole rings is 1. The number of hydrogen-bond acceptors (Lipinski definition) is 6. The second-order valence-electron chi connectivity index (χ2n) is 6.88. The highest BCUT2D eigenvalue weighted by Crippen LogP contribution is 2.19. The monoisotopic (exact) mass is 376 g/mol. The van der Waals surface area contributed by atoms with Crippen molar-refractivity contribution in [3.63, 3.8) is 0 Å². The summed E-state index contributed by atoms with van der Waals surface area (Å²) in [5, 5.41) is 13.5. The van der Waals surface area contributed by atoms with E-state index in [2.05, 4.69) is 36.9 Å². The number of carbonyl (C=O) groups is 1. The van der Waals surface area contributed by atoms with Crippen molar-refractivity contribution < 1.29 is 4.79 Å². The minimum Gasteiger partial charge on any atom is -0.356 e. The third-order valence-corrected chi connectivity index (χ3v) is 5.74. The molecule has 2 aromatic rings. The molecule has 0 atom stereocenters. The molecule has 1 saturated heterocycles. The lowest BCUT2D eigenvalue weighted by atomic mass is 9.97. The van der Waals surface area contributed by atoms with Crippen LogP contribution in [0.2, 0.25) is 0 Å². The Kier molecular flexibility index (Phi) is 6.73. The van der Waals surface area contributed by atoms with Crippen molar-refractivity contribution in [3.8, 4) is 0 Å². The zero-order valence-corrected chi connectivity index (χ0v) is 16.5. The zero-order chi connectivity index (χ0) is 18.4. The maximum Gasteiger partial charge on any atom is 0.221 e. The Balaban J connectivity index is 1.32. The largest absolute Gasteiger partial charge is 0.356 e. The van der Waals surface area contributed by atoms with Gasteiger partial charge in [-0.05, 0) is 38.8 Å². The summed E-state index contributed by atoms with van der Waals surface area (Å²) < 4.78 is 2.06. The predicted octanol–water partition coefficient (Wildman–Crippen LogP) is 2.02. The summed E-state index contributed by atoms with van der Waals surface area (Å²) in [6, 6.07) is 0. The van der Waals surface area contributed by atoms with Crippen LogP contribution in [0.25, 0.3) is 0 Å². The van der Waals surface area contributed by atoms with Gasteiger partial charge in [-0.15, -0.1) is 21.5 Å². The number of amides is 1. The molecular formula is C18H28N6OS. The Morgan fingerprint density at radius 3 is 2.85 bits per heavy atom. The van der Waals surface area contributed by atoms with Gasteiger partial charge in [0.25, 0.3) is 0 Å². The second kappa shape index (κ2) is 9.23. The van der Waals surface area contributed by atoms with Crippen LogP contribution in [0.5, 0.6) is 0 Å². The zero-order valence-electron chi connectivity index (χ0n) is 15.6. The van der Waals surface area contributed by atoms with Gasteiger partial charge in [0, 0.05) is 38.3 Å². The van der Waals surface area contributed by atoms with Crippen molar-refractivity contribution >= 4 is 17.2 Å². The molecule has 0 saturated carbocycles. The lowest BCUT2D eigenvalue weighted by Crippen LogP contribution is -2.38. The molecule has 0 aromatic carbocycles. The van der Waals surface area contributed by atoms with E-state index in [4.69, 9.17) is 0 Å². The first-order valence-electron chi connectivity index (χ1n) is 9.42. The van der Waals surface area contributed by atoms with Crippen LogP contribution in [-0.2, 0) is 24.3 Å². The van der Waals surface area contributed by atoms with Gasteiger partial charge >= 0.3 is 0 Å². The molecule has 1 N–H and O–H groups in total. The molecule has 2 aromatic heterocycles. The molecule has 0 aliphatic carbocycles. The maximum atomic E-state index is 12.1. The van der Waals surface area contributed by atoms with Gasteiger partial charge in [0.2, 0.25) is 5.91 Å². The summed E-state index contributed by atoms with van der Waals surface area (Å²) in [7, 11) is 0. The van der Waals surface area contributed by atoms with Crippen LogP contribution in [0.3, 0.4) is 0 Å². The van der Waals surface area contributed by atoms with Crippen molar-refractivity contribution in [2.45, 2.75) is 52.6 Å². The van der Waals surface area contributed by atoms with Crippen LogP contribution < -0.4 is 5.32 Å². The maximum absolute atomic E-state index is 12.1. The van der Waals surface area contributed by atoms with Gasteiger partial charge in [-0.1, -0.05) is 6.92 Å². The van der Waals surface area contributed by atoms with Gasteiger partial charge in [0.1, 0.15) is 15.8 Å². The molecule has 26 heavy (non-hydrogen) atoms. The predicted molar refractivity (Wildman–Crippen MR) is 102 cm³/mol. The normalized spacial score (nSPS) is 16.1. The van der Waals surface area contributed by atoms with Gasteiger partial charge in [0.15, 0.2) is 0 Å². The number of aromatic nitrogens is 4. The fourth-order valence-electron chi connectivity index (χ4n) is 3.37. The van der Waals surface area contributed by atoms with Crippen molar-refractivity contribution in [2.75, 3.05) is 19.6 Å². The molecule has 1 fully saturated rings. The summed E-state index contributed by atoms with van der Waals surface area (Å²) >= 11 is 1.68. The van der Waals surface area contributed by atoms with E-state index >= 15 is 0 Å². The molecular weight excluding hydrogens is 348 g/mol. The molecule has 1 aliphatic heterocycles. The Labute approximate surface area is 158 Å². The molecule has 7 nitrogen and oxygen atoms in total. The number of nitrogens with zero attached hydrogens (tertiary/aromatic N) is 5. The summed E-state index contributed by atoms with van der Waals surface area (Å²) in [5.41, 5.74) is 0. The molecule has 1 aliphatic rings. The molecule has 3 rings (SSSR count). The lowest BCUT2D eigenvalue weighted by Gasteiger charge is -2.31. The summed E-state index contributed by atoms with van der Waals surface area (Å²) in [5.74, 6) is 1.74. The summed E-state index contributed by atoms with van der Waals surface area (Å²) in [4.78, 5) is 18.8. The number of carbonyl (C=O) groups excluding carboxylic acids is 1. The molecule has 0 unspecified atom stereocenters. The van der Waals surface area contributed by atoms with E-state index in [-0.39, 0.29) is 5.91 Å². The van der Waals surface area contributed by atoms with Crippen molar-refractivity contribution in [3.05, 3.63) is 28.2 Å². The van der Waals surface area contributed by atoms with Crippen LogP contribution in [0.15, 0.2) is 12.4 Å². The number of likely N-dealkylation sites (tertiary alicyclic amines) is 1. The highest BCUT2D eigenvalue weighted by atomic mass is 32.1. The topological polar surface area (TPSA) is 75.9 Å². The van der Waals surface area contributed by atoms with Crippen LogP contribution in [0, 0.1) is 12.8 Å². The van der Waals surface area contributed by atoms with E-state index in [0.29, 0.717) is 18.9 Å². The fourth-order valence-corrected chi connectivity index (χ4v) is 4.12. The van der Waals surface area contributed by atoms with Gasteiger partial charge in [-0.2, -0.15) is 0 Å². The molecule has 142 valence electrons. The average molecular weight is 377 g/mol. The first kappa shape index (κ1) is 19.0.